The predicted octanol–water partition coefficient (Wildman–Crippen LogP) is 2.36. The van der Waals surface area contributed by atoms with Crippen LogP contribution in [0.3, 0.4) is 0 Å². The molecule has 0 radical (unpaired) electrons. The van der Waals surface area contributed by atoms with E-state index < -0.39 is 0 Å². The second-order valence-electron chi connectivity index (χ2n) is 3.34. The number of ketones is 1. The van der Waals surface area contributed by atoms with Gasteiger partial charge in [-0.15, -0.1) is 11.3 Å². The van der Waals surface area contributed by atoms with Crippen LogP contribution in [0.5, 0.6) is 0 Å². The minimum atomic E-state index is -0.196. The summed E-state index contributed by atoms with van der Waals surface area (Å²) < 4.78 is 5.22. The second kappa shape index (κ2) is 3.60. The summed E-state index contributed by atoms with van der Waals surface area (Å²) in [6.07, 6.45) is 2.07. The van der Waals surface area contributed by atoms with E-state index in [4.69, 9.17) is 4.74 Å². The number of hydrogen-bond acceptors (Lipinski definition) is 3. The standard InChI is InChI=1S/C10H12O2S/c1-12-10(7-4-5-7)9(11)8-3-2-6-13-8/h2-3,6-7,10H,4-5H2,1H3. The van der Waals surface area contributed by atoms with Gasteiger partial charge in [-0.25, -0.2) is 0 Å². The van der Waals surface area contributed by atoms with Crippen molar-refractivity contribution < 1.29 is 9.53 Å². The quantitative estimate of drug-likeness (QED) is 0.691. The Labute approximate surface area is 81.5 Å². The largest absolute Gasteiger partial charge is 0.373 e. The summed E-state index contributed by atoms with van der Waals surface area (Å²) in [7, 11) is 1.62. The molecule has 1 unspecified atom stereocenters. The number of thiophene rings is 1. The molecule has 1 saturated carbocycles. The van der Waals surface area contributed by atoms with Gasteiger partial charge in [-0.2, -0.15) is 0 Å². The highest BCUT2D eigenvalue weighted by atomic mass is 32.1. The van der Waals surface area contributed by atoms with E-state index in [-0.39, 0.29) is 11.9 Å². The summed E-state index contributed by atoms with van der Waals surface area (Å²) in [6, 6.07) is 3.76. The molecule has 0 N–H and O–H groups in total. The Hall–Kier alpha value is -0.670. The number of methoxy groups -OCH3 is 1. The van der Waals surface area contributed by atoms with Crippen molar-refractivity contribution in [3.05, 3.63) is 22.4 Å². The maximum Gasteiger partial charge on any atom is 0.201 e. The molecule has 0 bridgehead atoms. The van der Waals surface area contributed by atoms with Crippen molar-refractivity contribution in [2.75, 3.05) is 7.11 Å². The molecule has 1 atom stereocenters. The Morgan fingerprint density at radius 3 is 2.92 bits per heavy atom. The molecule has 1 aromatic heterocycles. The maximum atomic E-state index is 11.8. The van der Waals surface area contributed by atoms with Gasteiger partial charge >= 0.3 is 0 Å². The Bertz CT molecular complexity index is 288. The number of rotatable bonds is 4. The Morgan fingerprint density at radius 1 is 1.69 bits per heavy atom. The van der Waals surface area contributed by atoms with Crippen LogP contribution in [0.1, 0.15) is 22.5 Å². The van der Waals surface area contributed by atoms with Crippen molar-refractivity contribution in [1.82, 2.24) is 0 Å². The lowest BCUT2D eigenvalue weighted by Gasteiger charge is -2.11. The lowest BCUT2D eigenvalue weighted by Crippen LogP contribution is -2.24. The third-order valence-corrected chi connectivity index (χ3v) is 3.21. The molecular weight excluding hydrogens is 184 g/mol. The molecule has 1 aliphatic carbocycles. The zero-order valence-electron chi connectivity index (χ0n) is 7.53. The van der Waals surface area contributed by atoms with Crippen LogP contribution in [-0.2, 0) is 4.74 Å². The van der Waals surface area contributed by atoms with Gasteiger partial charge in [-0.3, -0.25) is 4.79 Å². The Morgan fingerprint density at radius 2 is 2.46 bits per heavy atom. The van der Waals surface area contributed by atoms with E-state index in [9.17, 15) is 4.79 Å². The summed E-state index contributed by atoms with van der Waals surface area (Å²) in [4.78, 5) is 12.6. The summed E-state index contributed by atoms with van der Waals surface area (Å²) in [5.74, 6) is 0.625. The van der Waals surface area contributed by atoms with Crippen molar-refractivity contribution in [3.63, 3.8) is 0 Å². The molecule has 13 heavy (non-hydrogen) atoms. The third-order valence-electron chi connectivity index (χ3n) is 2.33. The fourth-order valence-corrected chi connectivity index (χ4v) is 2.16. The van der Waals surface area contributed by atoms with Crippen molar-refractivity contribution in [2.45, 2.75) is 18.9 Å². The van der Waals surface area contributed by atoms with Crippen LogP contribution < -0.4 is 0 Å². The van der Waals surface area contributed by atoms with Crippen LogP contribution in [0.2, 0.25) is 0 Å². The average Bonchev–Trinajstić information content (AvgIpc) is 2.83. The van der Waals surface area contributed by atoms with Crippen LogP contribution in [0.4, 0.5) is 0 Å². The third kappa shape index (κ3) is 1.81. The monoisotopic (exact) mass is 196 g/mol. The van der Waals surface area contributed by atoms with Crippen molar-refractivity contribution in [3.8, 4) is 0 Å². The van der Waals surface area contributed by atoms with Gasteiger partial charge in [-0.1, -0.05) is 6.07 Å². The summed E-state index contributed by atoms with van der Waals surface area (Å²) in [6.45, 7) is 0. The minimum Gasteiger partial charge on any atom is -0.373 e. The van der Waals surface area contributed by atoms with Crippen LogP contribution in [0.25, 0.3) is 0 Å². The second-order valence-corrected chi connectivity index (χ2v) is 4.28. The van der Waals surface area contributed by atoms with Gasteiger partial charge in [0.2, 0.25) is 5.78 Å². The highest BCUT2D eigenvalue weighted by Crippen LogP contribution is 2.35. The molecular formula is C10H12O2S. The van der Waals surface area contributed by atoms with E-state index >= 15 is 0 Å². The molecule has 1 fully saturated rings. The van der Waals surface area contributed by atoms with Crippen molar-refractivity contribution in [2.24, 2.45) is 5.92 Å². The predicted molar refractivity (Wildman–Crippen MR) is 52.2 cm³/mol. The fraction of sp³-hybridized carbons (Fsp3) is 0.500. The highest BCUT2D eigenvalue weighted by Gasteiger charge is 2.36. The summed E-state index contributed by atoms with van der Waals surface area (Å²) >= 11 is 1.49. The van der Waals surface area contributed by atoms with E-state index in [1.807, 2.05) is 17.5 Å². The molecule has 1 aliphatic rings. The molecule has 1 heterocycles. The first-order valence-electron chi connectivity index (χ1n) is 4.43. The van der Waals surface area contributed by atoms with Gasteiger partial charge < -0.3 is 4.74 Å². The van der Waals surface area contributed by atoms with E-state index in [2.05, 4.69) is 0 Å². The van der Waals surface area contributed by atoms with Gasteiger partial charge in [0.15, 0.2) is 0 Å². The lowest BCUT2D eigenvalue weighted by atomic mass is 10.1. The normalized spacial score (nSPS) is 18.5. The van der Waals surface area contributed by atoms with Crippen molar-refractivity contribution in [1.29, 1.82) is 0 Å². The molecule has 0 aromatic carbocycles. The van der Waals surface area contributed by atoms with E-state index in [1.54, 1.807) is 7.11 Å². The van der Waals surface area contributed by atoms with Crippen LogP contribution in [0.15, 0.2) is 17.5 Å². The topological polar surface area (TPSA) is 26.3 Å². The highest BCUT2D eigenvalue weighted by molar-refractivity contribution is 7.12. The molecule has 0 saturated heterocycles. The fourth-order valence-electron chi connectivity index (χ4n) is 1.47. The minimum absolute atomic E-state index is 0.153. The van der Waals surface area contributed by atoms with E-state index in [1.165, 1.54) is 11.3 Å². The Kier molecular flexibility index (Phi) is 2.47. The first kappa shape index (κ1) is 8.91. The van der Waals surface area contributed by atoms with Crippen molar-refractivity contribution >= 4 is 17.1 Å². The summed E-state index contributed by atoms with van der Waals surface area (Å²) in [5, 5.41) is 1.92. The van der Waals surface area contributed by atoms with Crippen LogP contribution in [0, 0.1) is 5.92 Å². The Balaban J connectivity index is 2.10. The van der Waals surface area contributed by atoms with Crippen LogP contribution in [-0.4, -0.2) is 19.0 Å². The first-order chi connectivity index (χ1) is 6.33. The first-order valence-corrected chi connectivity index (χ1v) is 5.31. The van der Waals surface area contributed by atoms with Gasteiger partial charge in [0.25, 0.3) is 0 Å². The van der Waals surface area contributed by atoms with Gasteiger partial charge in [-0.05, 0) is 30.2 Å². The zero-order chi connectivity index (χ0) is 9.26. The van der Waals surface area contributed by atoms with Gasteiger partial charge in [0.05, 0.1) is 4.88 Å². The molecule has 3 heteroatoms. The van der Waals surface area contributed by atoms with Gasteiger partial charge in [0, 0.05) is 7.11 Å². The van der Waals surface area contributed by atoms with E-state index in [0.29, 0.717) is 5.92 Å². The number of ether oxygens (including phenoxy) is 1. The average molecular weight is 196 g/mol. The molecule has 2 rings (SSSR count). The molecule has 0 spiro atoms. The maximum absolute atomic E-state index is 11.8. The smallest absolute Gasteiger partial charge is 0.201 e. The summed E-state index contributed by atoms with van der Waals surface area (Å²) in [5.41, 5.74) is 0. The lowest BCUT2D eigenvalue weighted by molar-refractivity contribution is 0.0544. The number of Topliss-reactive ketones (excluding diaryl/α,β-unsaturated/α-hetero) is 1. The molecule has 0 amide bonds. The SMILES string of the molecule is COC(C(=O)c1cccs1)C1CC1. The molecule has 1 aromatic rings. The van der Waals surface area contributed by atoms with Crippen LogP contribution >= 0.6 is 11.3 Å². The molecule has 70 valence electrons. The van der Waals surface area contributed by atoms with E-state index in [0.717, 1.165) is 17.7 Å². The number of carbonyl (C=O) groups excluding carboxylic acids is 1. The number of carbonyl (C=O) groups is 1. The number of hydrogen-bond donors (Lipinski definition) is 0. The molecule has 2 nitrogen and oxygen atoms in total. The molecule has 0 aliphatic heterocycles. The zero-order valence-corrected chi connectivity index (χ0v) is 8.34. The van der Waals surface area contributed by atoms with Gasteiger partial charge in [0.1, 0.15) is 6.10 Å².